The number of amides is 1. The van der Waals surface area contributed by atoms with Crippen LogP contribution in [0.3, 0.4) is 0 Å². The molecule has 0 saturated heterocycles. The lowest BCUT2D eigenvalue weighted by molar-refractivity contribution is 0.0938. The topological polar surface area (TPSA) is 89.3 Å². The summed E-state index contributed by atoms with van der Waals surface area (Å²) in [4.78, 5) is 19.0. The highest BCUT2D eigenvalue weighted by atomic mass is 32.1. The van der Waals surface area contributed by atoms with Crippen LogP contribution in [0.5, 0.6) is 0 Å². The molecule has 0 bridgehead atoms. The maximum absolute atomic E-state index is 12.7. The Bertz CT molecular complexity index is 1380. The van der Waals surface area contributed by atoms with Crippen molar-refractivity contribution < 1.29 is 9.90 Å². The van der Waals surface area contributed by atoms with Crippen LogP contribution in [-0.2, 0) is 6.42 Å². The summed E-state index contributed by atoms with van der Waals surface area (Å²) >= 11 is 1.46. The predicted octanol–water partition coefficient (Wildman–Crippen LogP) is 5.81. The second-order valence-corrected chi connectivity index (χ2v) is 9.72. The smallest absolute Gasteiger partial charge is 0.251 e. The number of thiazole rings is 1. The average molecular weight is 483 g/mol. The molecule has 1 amide bonds. The number of para-hydroxylation sites is 1. The van der Waals surface area contributed by atoms with Gasteiger partial charge >= 0.3 is 0 Å². The number of aromatic nitrogens is 1. The number of fused-ring (bicyclic) bond motifs is 1. The van der Waals surface area contributed by atoms with E-state index in [0.717, 1.165) is 28.7 Å². The van der Waals surface area contributed by atoms with Gasteiger partial charge in [0.2, 0.25) is 0 Å². The molecule has 5 rings (SSSR count). The number of hydrogen-bond acceptors (Lipinski definition) is 5. The Balaban J connectivity index is 1.23. The monoisotopic (exact) mass is 482 g/mol. The molecular formula is C28H26N4O2S. The standard InChI is InChI=1S/C28H26N4O2S/c1-18(11-12-19-7-3-2-4-8-19)30-27(34)20-13-15-21(16-14-20)32-17-23(33)25(26(32)29)28-31-22-9-5-6-10-24(22)35-28/h2-10,13-16,18,29,33H,11-12,17H2,1H3,(H,30,34)/t18-/m1/s1. The normalized spacial score (nSPS) is 14.5. The molecule has 35 heavy (non-hydrogen) atoms. The number of carbonyl (C=O) groups is 1. The van der Waals surface area contributed by atoms with E-state index in [9.17, 15) is 9.90 Å². The highest BCUT2D eigenvalue weighted by Crippen LogP contribution is 2.35. The number of rotatable bonds is 7. The predicted molar refractivity (Wildman–Crippen MR) is 142 cm³/mol. The van der Waals surface area contributed by atoms with Crippen molar-refractivity contribution in [1.29, 1.82) is 5.41 Å². The fraction of sp³-hybridized carbons (Fsp3) is 0.179. The van der Waals surface area contributed by atoms with E-state index in [1.807, 2.05) is 61.5 Å². The molecule has 1 atom stereocenters. The molecule has 0 radical (unpaired) electrons. The molecule has 1 aliphatic heterocycles. The van der Waals surface area contributed by atoms with Gasteiger partial charge in [-0.05, 0) is 61.7 Å². The van der Waals surface area contributed by atoms with Crippen LogP contribution in [0.15, 0.2) is 84.6 Å². The fourth-order valence-corrected chi connectivity index (χ4v) is 5.24. The molecule has 4 aromatic rings. The van der Waals surface area contributed by atoms with Gasteiger partial charge in [0.15, 0.2) is 0 Å². The molecule has 176 valence electrons. The fourth-order valence-electron chi connectivity index (χ4n) is 4.20. The van der Waals surface area contributed by atoms with Crippen LogP contribution < -0.4 is 10.2 Å². The van der Waals surface area contributed by atoms with Crippen molar-refractivity contribution >= 4 is 44.6 Å². The van der Waals surface area contributed by atoms with Crippen LogP contribution in [0, 0.1) is 5.41 Å². The van der Waals surface area contributed by atoms with Crippen molar-refractivity contribution in [1.82, 2.24) is 10.3 Å². The summed E-state index contributed by atoms with van der Waals surface area (Å²) in [5.74, 6) is 0.209. The van der Waals surface area contributed by atoms with Gasteiger partial charge in [-0.2, -0.15) is 0 Å². The van der Waals surface area contributed by atoms with Gasteiger partial charge in [0, 0.05) is 17.3 Å². The van der Waals surface area contributed by atoms with Gasteiger partial charge in [-0.1, -0.05) is 42.5 Å². The third kappa shape index (κ3) is 4.81. The SMILES string of the molecule is C[C@H](CCc1ccccc1)NC(=O)c1ccc(N2CC(O)=C(c3nc4ccccc4s3)C2=N)cc1. The van der Waals surface area contributed by atoms with Crippen molar-refractivity contribution in [3.63, 3.8) is 0 Å². The number of carbonyl (C=O) groups excluding carboxylic acids is 1. The molecule has 0 fully saturated rings. The quantitative estimate of drug-likeness (QED) is 0.310. The molecule has 3 aromatic carbocycles. The maximum atomic E-state index is 12.7. The summed E-state index contributed by atoms with van der Waals surface area (Å²) in [5, 5.41) is 23.0. The van der Waals surface area contributed by atoms with E-state index in [0.29, 0.717) is 16.1 Å². The Hall–Kier alpha value is -3.97. The molecule has 3 N–H and O–H groups in total. The second kappa shape index (κ2) is 9.72. The maximum Gasteiger partial charge on any atom is 0.251 e. The number of hydrogen-bond donors (Lipinski definition) is 3. The molecule has 1 aromatic heterocycles. The third-order valence-corrected chi connectivity index (χ3v) is 7.19. The number of anilines is 1. The first-order chi connectivity index (χ1) is 17.0. The van der Waals surface area contributed by atoms with Gasteiger partial charge in [0.05, 0.1) is 22.3 Å². The number of aryl methyl sites for hydroxylation is 1. The Labute approximate surface area is 208 Å². The van der Waals surface area contributed by atoms with Crippen molar-refractivity contribution in [3.05, 3.63) is 101 Å². The highest BCUT2D eigenvalue weighted by Gasteiger charge is 2.31. The Morgan fingerprint density at radius 1 is 1.09 bits per heavy atom. The average Bonchev–Trinajstić information content (AvgIpc) is 3.43. The summed E-state index contributed by atoms with van der Waals surface area (Å²) in [7, 11) is 0. The largest absolute Gasteiger partial charge is 0.510 e. The first-order valence-electron chi connectivity index (χ1n) is 11.6. The zero-order valence-electron chi connectivity index (χ0n) is 19.4. The molecule has 0 aliphatic carbocycles. The summed E-state index contributed by atoms with van der Waals surface area (Å²) < 4.78 is 1.02. The van der Waals surface area contributed by atoms with E-state index in [1.54, 1.807) is 17.0 Å². The number of aliphatic hydroxyl groups excluding tert-OH is 1. The van der Waals surface area contributed by atoms with E-state index in [-0.39, 0.29) is 30.1 Å². The number of amidine groups is 1. The van der Waals surface area contributed by atoms with E-state index in [4.69, 9.17) is 5.41 Å². The summed E-state index contributed by atoms with van der Waals surface area (Å²) in [6.07, 6.45) is 1.77. The van der Waals surface area contributed by atoms with Crippen molar-refractivity contribution in [2.45, 2.75) is 25.8 Å². The molecule has 6 nitrogen and oxygen atoms in total. The van der Waals surface area contributed by atoms with Gasteiger partial charge in [-0.3, -0.25) is 10.2 Å². The van der Waals surface area contributed by atoms with E-state index < -0.39 is 0 Å². The Kier molecular flexibility index (Phi) is 6.33. The molecule has 1 aliphatic rings. The lowest BCUT2D eigenvalue weighted by atomic mass is 10.1. The molecule has 0 saturated carbocycles. The Morgan fingerprint density at radius 2 is 1.80 bits per heavy atom. The van der Waals surface area contributed by atoms with Crippen LogP contribution in [-0.4, -0.2) is 34.4 Å². The highest BCUT2D eigenvalue weighted by molar-refractivity contribution is 7.19. The minimum atomic E-state index is -0.121. The molecule has 0 spiro atoms. The zero-order chi connectivity index (χ0) is 24.4. The van der Waals surface area contributed by atoms with Crippen molar-refractivity contribution in [3.8, 4) is 0 Å². The van der Waals surface area contributed by atoms with Gasteiger partial charge in [-0.15, -0.1) is 11.3 Å². The van der Waals surface area contributed by atoms with Gasteiger partial charge in [-0.25, -0.2) is 4.98 Å². The third-order valence-electron chi connectivity index (χ3n) is 6.14. The number of benzene rings is 3. The number of nitrogens with one attached hydrogen (secondary N) is 2. The molecule has 2 heterocycles. The van der Waals surface area contributed by atoms with Crippen LogP contribution in [0.25, 0.3) is 15.8 Å². The van der Waals surface area contributed by atoms with E-state index in [1.165, 1.54) is 16.9 Å². The second-order valence-electron chi connectivity index (χ2n) is 8.69. The van der Waals surface area contributed by atoms with Crippen molar-refractivity contribution in [2.24, 2.45) is 0 Å². The molecular weight excluding hydrogens is 456 g/mol. The van der Waals surface area contributed by atoms with Gasteiger partial charge < -0.3 is 15.3 Å². The van der Waals surface area contributed by atoms with Crippen LogP contribution in [0.2, 0.25) is 0 Å². The first kappa shape index (κ1) is 22.8. The molecule has 0 unspecified atom stereocenters. The summed E-state index contributed by atoms with van der Waals surface area (Å²) in [6.45, 7) is 2.21. The van der Waals surface area contributed by atoms with Crippen LogP contribution in [0.1, 0.15) is 34.3 Å². The minimum absolute atomic E-state index is 0.0478. The number of nitrogens with zero attached hydrogens (tertiary/aromatic N) is 2. The van der Waals surface area contributed by atoms with Gasteiger partial charge in [0.1, 0.15) is 16.6 Å². The van der Waals surface area contributed by atoms with Crippen LogP contribution >= 0.6 is 11.3 Å². The first-order valence-corrected chi connectivity index (χ1v) is 12.4. The number of aliphatic hydroxyl groups is 1. The zero-order valence-corrected chi connectivity index (χ0v) is 20.2. The van der Waals surface area contributed by atoms with Crippen molar-refractivity contribution in [2.75, 3.05) is 11.4 Å². The molecule has 7 heteroatoms. The lowest BCUT2D eigenvalue weighted by Crippen LogP contribution is -2.33. The minimum Gasteiger partial charge on any atom is -0.510 e. The lowest BCUT2D eigenvalue weighted by Gasteiger charge is -2.19. The Morgan fingerprint density at radius 3 is 2.54 bits per heavy atom. The van der Waals surface area contributed by atoms with E-state index >= 15 is 0 Å². The summed E-state index contributed by atoms with van der Waals surface area (Å²) in [5.41, 5.74) is 3.88. The van der Waals surface area contributed by atoms with Crippen LogP contribution in [0.4, 0.5) is 5.69 Å². The van der Waals surface area contributed by atoms with E-state index in [2.05, 4.69) is 22.4 Å². The summed E-state index contributed by atoms with van der Waals surface area (Å²) in [6, 6.07) is 25.2. The van der Waals surface area contributed by atoms with Gasteiger partial charge in [0.25, 0.3) is 5.91 Å².